The monoisotopic (exact) mass is 302 g/mol. The molecule has 2 aromatic rings. The van der Waals surface area contributed by atoms with Gasteiger partial charge in [0.05, 0.1) is 17.0 Å². The number of aromatic nitrogens is 3. The first-order valence-electron chi connectivity index (χ1n) is 7.48. The number of hydrogen-bond acceptors (Lipinski definition) is 4. The van der Waals surface area contributed by atoms with Crippen LogP contribution in [0, 0.1) is 5.82 Å². The second-order valence-corrected chi connectivity index (χ2v) is 5.92. The lowest BCUT2D eigenvalue weighted by atomic mass is 10.1. The van der Waals surface area contributed by atoms with Gasteiger partial charge in [-0.25, -0.2) is 9.37 Å². The van der Waals surface area contributed by atoms with E-state index in [9.17, 15) is 9.18 Å². The Kier molecular flexibility index (Phi) is 4.02. The number of pyridine rings is 1. The van der Waals surface area contributed by atoms with Crippen molar-refractivity contribution in [1.82, 2.24) is 19.9 Å². The van der Waals surface area contributed by atoms with Crippen LogP contribution >= 0.6 is 0 Å². The number of aromatic amines is 1. The molecule has 0 fully saturated rings. The molecule has 0 amide bonds. The zero-order valence-corrected chi connectivity index (χ0v) is 12.8. The Bertz CT molecular complexity index is 741. The minimum Gasteiger partial charge on any atom is -0.310 e. The molecule has 0 aromatic carbocycles. The number of nitrogens with zero attached hydrogens (tertiary/aromatic N) is 3. The molecule has 1 N–H and O–H groups in total. The van der Waals surface area contributed by atoms with Crippen LogP contribution in [0.25, 0.3) is 0 Å². The van der Waals surface area contributed by atoms with Gasteiger partial charge in [-0.2, -0.15) is 0 Å². The molecule has 2 aromatic heterocycles. The summed E-state index contributed by atoms with van der Waals surface area (Å²) >= 11 is 0. The average Bonchev–Trinajstić information content (AvgIpc) is 2.50. The molecule has 0 saturated carbocycles. The van der Waals surface area contributed by atoms with Crippen LogP contribution in [0.3, 0.4) is 0 Å². The molecule has 22 heavy (non-hydrogen) atoms. The molecule has 3 heterocycles. The van der Waals surface area contributed by atoms with Crippen molar-refractivity contribution < 1.29 is 4.39 Å². The highest BCUT2D eigenvalue weighted by Crippen LogP contribution is 2.18. The highest BCUT2D eigenvalue weighted by atomic mass is 19.1. The maximum atomic E-state index is 13.7. The van der Waals surface area contributed by atoms with E-state index < -0.39 is 0 Å². The van der Waals surface area contributed by atoms with E-state index in [2.05, 4.69) is 15.0 Å². The first-order valence-corrected chi connectivity index (χ1v) is 7.48. The summed E-state index contributed by atoms with van der Waals surface area (Å²) < 4.78 is 13.7. The fourth-order valence-corrected chi connectivity index (χ4v) is 2.66. The normalized spacial score (nSPS) is 15.1. The van der Waals surface area contributed by atoms with E-state index in [1.807, 2.05) is 18.7 Å². The summed E-state index contributed by atoms with van der Waals surface area (Å²) in [5.41, 5.74) is 1.88. The van der Waals surface area contributed by atoms with Crippen LogP contribution in [0.1, 0.15) is 42.5 Å². The first kappa shape index (κ1) is 14.8. The minimum absolute atomic E-state index is 0.0834. The molecular formula is C16H19FN4O. The Morgan fingerprint density at radius 2 is 2.27 bits per heavy atom. The van der Waals surface area contributed by atoms with Crippen LogP contribution in [0.5, 0.6) is 0 Å². The third kappa shape index (κ3) is 2.92. The van der Waals surface area contributed by atoms with Crippen molar-refractivity contribution >= 4 is 0 Å². The number of halogens is 1. The molecule has 0 saturated heterocycles. The lowest BCUT2D eigenvalue weighted by Gasteiger charge is -2.27. The zero-order chi connectivity index (χ0) is 15.7. The molecule has 1 aliphatic heterocycles. The first-order chi connectivity index (χ1) is 10.5. The fourth-order valence-electron chi connectivity index (χ4n) is 2.66. The second-order valence-electron chi connectivity index (χ2n) is 5.92. The summed E-state index contributed by atoms with van der Waals surface area (Å²) in [7, 11) is 0. The highest BCUT2D eigenvalue weighted by Gasteiger charge is 2.22. The van der Waals surface area contributed by atoms with E-state index in [4.69, 9.17) is 0 Å². The molecule has 0 atom stereocenters. The van der Waals surface area contributed by atoms with E-state index in [1.54, 1.807) is 12.3 Å². The summed E-state index contributed by atoms with van der Waals surface area (Å²) in [6.45, 7) is 5.63. The van der Waals surface area contributed by atoms with Gasteiger partial charge >= 0.3 is 0 Å². The Hall–Kier alpha value is -2.08. The van der Waals surface area contributed by atoms with Crippen molar-refractivity contribution in [3.8, 4) is 0 Å². The lowest BCUT2D eigenvalue weighted by Crippen LogP contribution is -2.36. The number of nitrogens with one attached hydrogen (secondary N) is 1. The molecule has 0 spiro atoms. The lowest BCUT2D eigenvalue weighted by molar-refractivity contribution is 0.235. The van der Waals surface area contributed by atoms with Crippen LogP contribution in [0.4, 0.5) is 4.39 Å². The molecular weight excluding hydrogens is 283 g/mol. The summed E-state index contributed by atoms with van der Waals surface area (Å²) in [5, 5.41) is 0. The minimum atomic E-state index is -0.310. The van der Waals surface area contributed by atoms with Crippen LogP contribution in [-0.4, -0.2) is 26.4 Å². The van der Waals surface area contributed by atoms with Gasteiger partial charge in [0.2, 0.25) is 0 Å². The van der Waals surface area contributed by atoms with Crippen molar-refractivity contribution in [2.45, 2.75) is 39.3 Å². The Morgan fingerprint density at radius 1 is 1.45 bits per heavy atom. The maximum Gasteiger partial charge on any atom is 0.255 e. The van der Waals surface area contributed by atoms with Crippen molar-refractivity contribution in [3.63, 3.8) is 0 Å². The highest BCUT2D eigenvalue weighted by molar-refractivity contribution is 5.22. The van der Waals surface area contributed by atoms with Gasteiger partial charge in [-0.3, -0.25) is 14.7 Å². The molecule has 3 rings (SSSR count). The number of fused-ring (bicyclic) bond motifs is 1. The van der Waals surface area contributed by atoms with Crippen LogP contribution in [0.15, 0.2) is 23.1 Å². The number of H-pyrrole nitrogens is 1. The SMILES string of the molecule is CC(C)c1nc2c(c(=O)[nH]1)CN(Cc1ncccc1F)CC2. The summed E-state index contributed by atoms with van der Waals surface area (Å²) in [6, 6.07) is 2.98. The van der Waals surface area contributed by atoms with Crippen molar-refractivity contribution in [2.24, 2.45) is 0 Å². The van der Waals surface area contributed by atoms with E-state index in [1.165, 1.54) is 6.07 Å². The number of rotatable bonds is 3. The van der Waals surface area contributed by atoms with Gasteiger partial charge in [-0.1, -0.05) is 13.8 Å². The summed E-state index contributed by atoms with van der Waals surface area (Å²) in [4.78, 5) is 25.7. The average molecular weight is 302 g/mol. The Labute approximate surface area is 128 Å². The van der Waals surface area contributed by atoms with Crippen molar-refractivity contribution in [1.29, 1.82) is 0 Å². The smallest absolute Gasteiger partial charge is 0.255 e. The van der Waals surface area contributed by atoms with Gasteiger partial charge in [0.15, 0.2) is 0 Å². The van der Waals surface area contributed by atoms with E-state index in [0.717, 1.165) is 18.1 Å². The van der Waals surface area contributed by atoms with Crippen LogP contribution in [-0.2, 0) is 19.5 Å². The van der Waals surface area contributed by atoms with Gasteiger partial charge in [-0.15, -0.1) is 0 Å². The molecule has 0 unspecified atom stereocenters. The van der Waals surface area contributed by atoms with Gasteiger partial charge in [0, 0.05) is 38.2 Å². The molecule has 6 heteroatoms. The zero-order valence-electron chi connectivity index (χ0n) is 12.8. The largest absolute Gasteiger partial charge is 0.310 e. The molecule has 0 radical (unpaired) electrons. The Morgan fingerprint density at radius 3 is 3.00 bits per heavy atom. The summed E-state index contributed by atoms with van der Waals surface area (Å²) in [6.07, 6.45) is 2.28. The van der Waals surface area contributed by atoms with Gasteiger partial charge in [-0.05, 0) is 12.1 Å². The second kappa shape index (κ2) is 5.96. The third-order valence-corrected chi connectivity index (χ3v) is 3.92. The quantitative estimate of drug-likeness (QED) is 0.942. The predicted octanol–water partition coefficient (Wildman–Crippen LogP) is 1.99. The summed E-state index contributed by atoms with van der Waals surface area (Å²) in [5.74, 6) is 0.613. The maximum absolute atomic E-state index is 13.7. The van der Waals surface area contributed by atoms with Gasteiger partial charge in [0.25, 0.3) is 5.56 Å². The predicted molar refractivity (Wildman–Crippen MR) is 81.0 cm³/mol. The standard InChI is InChI=1S/C16H19FN4O/c1-10(2)15-19-13-5-7-21(8-11(13)16(22)20-15)9-14-12(17)4-3-6-18-14/h3-4,6,10H,5,7-9H2,1-2H3,(H,19,20,22). The van der Waals surface area contributed by atoms with Gasteiger partial charge < -0.3 is 4.98 Å². The molecule has 1 aliphatic rings. The molecule has 116 valence electrons. The molecule has 5 nitrogen and oxygen atoms in total. The van der Waals surface area contributed by atoms with Crippen molar-refractivity contribution in [2.75, 3.05) is 6.54 Å². The van der Waals surface area contributed by atoms with E-state index >= 15 is 0 Å². The van der Waals surface area contributed by atoms with Crippen LogP contribution < -0.4 is 5.56 Å². The molecule has 0 aliphatic carbocycles. The topological polar surface area (TPSA) is 61.9 Å². The fraction of sp³-hybridized carbons (Fsp3) is 0.438. The van der Waals surface area contributed by atoms with Crippen molar-refractivity contribution in [3.05, 3.63) is 57.3 Å². The Balaban J connectivity index is 1.82. The van der Waals surface area contributed by atoms with Crippen LogP contribution in [0.2, 0.25) is 0 Å². The molecule has 0 bridgehead atoms. The third-order valence-electron chi connectivity index (χ3n) is 3.92. The number of hydrogen-bond donors (Lipinski definition) is 1. The van der Waals surface area contributed by atoms with E-state index in [-0.39, 0.29) is 17.3 Å². The van der Waals surface area contributed by atoms with E-state index in [0.29, 0.717) is 30.8 Å². The van der Waals surface area contributed by atoms with Gasteiger partial charge in [0.1, 0.15) is 11.6 Å².